The molecule has 6 nitrogen and oxygen atoms in total. The number of nitrogens with one attached hydrogen (secondary N) is 2. The van der Waals surface area contributed by atoms with Crippen molar-refractivity contribution in [3.63, 3.8) is 0 Å². The fourth-order valence-corrected chi connectivity index (χ4v) is 3.71. The molecular formula is C24H31N3O3. The molecule has 1 atom stereocenters. The van der Waals surface area contributed by atoms with Crippen LogP contribution in [0.3, 0.4) is 0 Å². The quantitative estimate of drug-likeness (QED) is 0.700. The van der Waals surface area contributed by atoms with E-state index in [2.05, 4.69) is 24.5 Å². The minimum Gasteiger partial charge on any atom is -0.477 e. The Bertz CT molecular complexity index is 875. The van der Waals surface area contributed by atoms with Gasteiger partial charge in [-0.1, -0.05) is 51.1 Å². The van der Waals surface area contributed by atoms with E-state index in [0.29, 0.717) is 18.8 Å². The van der Waals surface area contributed by atoms with Crippen LogP contribution in [0.2, 0.25) is 0 Å². The van der Waals surface area contributed by atoms with E-state index in [0.717, 1.165) is 41.8 Å². The van der Waals surface area contributed by atoms with Crippen molar-refractivity contribution in [2.24, 2.45) is 0 Å². The van der Waals surface area contributed by atoms with Crippen LogP contribution in [0.1, 0.15) is 38.3 Å². The Morgan fingerprint density at radius 2 is 1.73 bits per heavy atom. The SMILES string of the molecule is CCCNC(=O)[C@@H]1CN(CC(=O)Nc2c(CC)cccc2CC)c2ccccc2O1. The van der Waals surface area contributed by atoms with E-state index >= 15 is 0 Å². The van der Waals surface area contributed by atoms with Crippen LogP contribution in [-0.2, 0) is 22.4 Å². The van der Waals surface area contributed by atoms with Crippen LogP contribution in [0.25, 0.3) is 0 Å². The number of fused-ring (bicyclic) bond motifs is 1. The van der Waals surface area contributed by atoms with Crippen molar-refractivity contribution >= 4 is 23.2 Å². The first-order valence-electron chi connectivity index (χ1n) is 10.8. The van der Waals surface area contributed by atoms with E-state index in [9.17, 15) is 9.59 Å². The maximum absolute atomic E-state index is 13.0. The van der Waals surface area contributed by atoms with E-state index in [1.165, 1.54) is 0 Å². The number of carbonyl (C=O) groups excluding carboxylic acids is 2. The predicted molar refractivity (Wildman–Crippen MR) is 120 cm³/mol. The zero-order chi connectivity index (χ0) is 21.5. The molecule has 0 spiro atoms. The maximum atomic E-state index is 13.0. The Morgan fingerprint density at radius 3 is 2.40 bits per heavy atom. The molecular weight excluding hydrogens is 378 g/mol. The van der Waals surface area contributed by atoms with E-state index < -0.39 is 6.10 Å². The molecule has 0 unspecified atom stereocenters. The van der Waals surface area contributed by atoms with Crippen molar-refractivity contribution in [3.05, 3.63) is 53.6 Å². The number of amides is 2. The molecule has 30 heavy (non-hydrogen) atoms. The monoisotopic (exact) mass is 409 g/mol. The molecule has 0 bridgehead atoms. The molecule has 2 amide bonds. The molecule has 160 valence electrons. The van der Waals surface area contributed by atoms with Gasteiger partial charge in [0.25, 0.3) is 5.91 Å². The first kappa shape index (κ1) is 21.7. The third kappa shape index (κ3) is 4.93. The van der Waals surface area contributed by atoms with Crippen LogP contribution in [0.5, 0.6) is 5.75 Å². The van der Waals surface area contributed by atoms with Gasteiger partial charge in [0.05, 0.1) is 18.8 Å². The number of hydrogen-bond donors (Lipinski definition) is 2. The van der Waals surface area contributed by atoms with Crippen LogP contribution in [0, 0.1) is 0 Å². The molecule has 0 radical (unpaired) electrons. The Kier molecular flexibility index (Phi) is 7.33. The summed E-state index contributed by atoms with van der Waals surface area (Å²) in [5.74, 6) is 0.368. The Labute approximate surface area is 178 Å². The summed E-state index contributed by atoms with van der Waals surface area (Å²) in [6, 6.07) is 13.7. The highest BCUT2D eigenvalue weighted by atomic mass is 16.5. The summed E-state index contributed by atoms with van der Waals surface area (Å²) in [6.45, 7) is 7.26. The van der Waals surface area contributed by atoms with Gasteiger partial charge in [-0.15, -0.1) is 0 Å². The number of ether oxygens (including phenoxy) is 1. The average molecular weight is 410 g/mol. The van der Waals surface area contributed by atoms with Crippen LogP contribution >= 0.6 is 0 Å². The molecule has 0 fully saturated rings. The summed E-state index contributed by atoms with van der Waals surface area (Å²) in [4.78, 5) is 27.4. The summed E-state index contributed by atoms with van der Waals surface area (Å²) in [6.07, 6.45) is 1.92. The van der Waals surface area contributed by atoms with Gasteiger partial charge in [0.2, 0.25) is 5.91 Å². The third-order valence-corrected chi connectivity index (χ3v) is 5.30. The second-order valence-electron chi connectivity index (χ2n) is 7.45. The fourth-order valence-electron chi connectivity index (χ4n) is 3.71. The maximum Gasteiger partial charge on any atom is 0.262 e. The van der Waals surface area contributed by atoms with E-state index in [1.54, 1.807) is 0 Å². The molecule has 2 aromatic carbocycles. The Balaban J connectivity index is 1.78. The van der Waals surface area contributed by atoms with Gasteiger partial charge in [-0.3, -0.25) is 9.59 Å². The first-order chi connectivity index (χ1) is 14.6. The highest BCUT2D eigenvalue weighted by Crippen LogP contribution is 2.33. The lowest BCUT2D eigenvalue weighted by Gasteiger charge is -2.35. The topological polar surface area (TPSA) is 70.7 Å². The largest absolute Gasteiger partial charge is 0.477 e. The number of nitrogens with zero attached hydrogens (tertiary/aromatic N) is 1. The number of benzene rings is 2. The van der Waals surface area contributed by atoms with E-state index in [1.807, 2.05) is 54.3 Å². The number of carbonyl (C=O) groups is 2. The van der Waals surface area contributed by atoms with Crippen LogP contribution in [-0.4, -0.2) is 37.6 Å². The molecule has 2 N–H and O–H groups in total. The lowest BCUT2D eigenvalue weighted by molar-refractivity contribution is -0.128. The van der Waals surface area contributed by atoms with Gasteiger partial charge in [0.1, 0.15) is 5.75 Å². The highest BCUT2D eigenvalue weighted by molar-refractivity contribution is 5.96. The van der Waals surface area contributed by atoms with Crippen LogP contribution in [0.15, 0.2) is 42.5 Å². The molecule has 0 aliphatic carbocycles. The summed E-state index contributed by atoms with van der Waals surface area (Å²) < 4.78 is 5.91. The normalized spacial score (nSPS) is 15.2. The first-order valence-corrected chi connectivity index (χ1v) is 10.8. The molecule has 2 aromatic rings. The van der Waals surface area contributed by atoms with Crippen molar-refractivity contribution < 1.29 is 14.3 Å². The van der Waals surface area contributed by atoms with Crippen molar-refractivity contribution in [2.45, 2.75) is 46.1 Å². The van der Waals surface area contributed by atoms with Crippen molar-refractivity contribution in [2.75, 3.05) is 29.9 Å². The van der Waals surface area contributed by atoms with E-state index in [4.69, 9.17) is 4.74 Å². The van der Waals surface area contributed by atoms with E-state index in [-0.39, 0.29) is 18.4 Å². The van der Waals surface area contributed by atoms with Gasteiger partial charge < -0.3 is 20.3 Å². The lowest BCUT2D eigenvalue weighted by Crippen LogP contribution is -2.50. The number of rotatable bonds is 8. The molecule has 1 aliphatic heterocycles. The minimum atomic E-state index is -0.645. The summed E-state index contributed by atoms with van der Waals surface area (Å²) >= 11 is 0. The predicted octanol–water partition coefficient (Wildman–Crippen LogP) is 3.54. The smallest absolute Gasteiger partial charge is 0.262 e. The second kappa shape index (κ2) is 10.1. The minimum absolute atomic E-state index is 0.102. The average Bonchev–Trinajstić information content (AvgIpc) is 2.77. The molecule has 0 aromatic heterocycles. The van der Waals surface area contributed by atoms with Crippen molar-refractivity contribution in [1.82, 2.24) is 5.32 Å². The summed E-state index contributed by atoms with van der Waals surface area (Å²) in [5, 5.41) is 6.00. The zero-order valence-electron chi connectivity index (χ0n) is 18.0. The fraction of sp³-hybridized carbons (Fsp3) is 0.417. The molecule has 1 heterocycles. The molecule has 3 rings (SSSR count). The summed E-state index contributed by atoms with van der Waals surface area (Å²) in [7, 11) is 0. The number of hydrogen-bond acceptors (Lipinski definition) is 4. The van der Waals surface area contributed by atoms with Gasteiger partial charge in [0, 0.05) is 12.2 Å². The summed E-state index contributed by atoms with van der Waals surface area (Å²) in [5.41, 5.74) is 3.99. The Hall–Kier alpha value is -3.02. The lowest BCUT2D eigenvalue weighted by atomic mass is 10.0. The van der Waals surface area contributed by atoms with Gasteiger partial charge >= 0.3 is 0 Å². The molecule has 0 saturated heterocycles. The number of aryl methyl sites for hydroxylation is 2. The number of anilines is 2. The van der Waals surface area contributed by atoms with Gasteiger partial charge in [0.15, 0.2) is 6.10 Å². The highest BCUT2D eigenvalue weighted by Gasteiger charge is 2.31. The second-order valence-corrected chi connectivity index (χ2v) is 7.45. The standard InChI is InChI=1S/C24H31N3O3/c1-4-14-25-24(29)21-15-27(19-12-7-8-13-20(19)30-21)16-22(28)26-23-17(5-2)10-9-11-18(23)6-3/h7-13,21H,4-6,14-16H2,1-3H3,(H,25,29)(H,26,28)/t21-/m0/s1. The van der Waals surface area contributed by atoms with Gasteiger partial charge in [-0.25, -0.2) is 0 Å². The zero-order valence-corrected chi connectivity index (χ0v) is 18.0. The third-order valence-electron chi connectivity index (χ3n) is 5.30. The molecule has 0 saturated carbocycles. The van der Waals surface area contributed by atoms with Crippen molar-refractivity contribution in [1.29, 1.82) is 0 Å². The van der Waals surface area contributed by atoms with Crippen LogP contribution in [0.4, 0.5) is 11.4 Å². The van der Waals surface area contributed by atoms with Gasteiger partial charge in [-0.2, -0.15) is 0 Å². The Morgan fingerprint density at radius 1 is 1.03 bits per heavy atom. The van der Waals surface area contributed by atoms with Gasteiger partial charge in [-0.05, 0) is 42.5 Å². The number of para-hydroxylation sites is 3. The van der Waals surface area contributed by atoms with Crippen LogP contribution < -0.4 is 20.3 Å². The molecule has 1 aliphatic rings. The van der Waals surface area contributed by atoms with Crippen molar-refractivity contribution in [3.8, 4) is 5.75 Å². The molecule has 6 heteroatoms.